The van der Waals surface area contributed by atoms with Crippen molar-refractivity contribution in [3.8, 4) is 0 Å². The molecule has 0 aliphatic carbocycles. The molecular weight excluding hydrogens is 324 g/mol. The van der Waals surface area contributed by atoms with E-state index in [-0.39, 0.29) is 0 Å². The average Bonchev–Trinajstić information content (AvgIpc) is 2.41. The Morgan fingerprint density at radius 3 is 2.58 bits per heavy atom. The molecule has 2 nitrogen and oxygen atoms in total. The fraction of sp³-hybridized carbons (Fsp3) is 0.200. The Hall–Kier alpha value is -1.03. The predicted octanol–water partition coefficient (Wildman–Crippen LogP) is 4.20. The maximum atomic E-state index is 6.00. The summed E-state index contributed by atoms with van der Waals surface area (Å²) in [6.45, 7) is 1.30. The van der Waals surface area contributed by atoms with Crippen molar-refractivity contribution in [2.75, 3.05) is 11.9 Å². The normalized spacial score (nSPS) is 10.5. The lowest BCUT2D eigenvalue weighted by atomic mass is 10.1. The Morgan fingerprint density at radius 1 is 1.16 bits per heavy atom. The summed E-state index contributed by atoms with van der Waals surface area (Å²) in [4.78, 5) is 2.18. The van der Waals surface area contributed by atoms with Crippen LogP contribution in [0.15, 0.2) is 46.9 Å². The van der Waals surface area contributed by atoms with Gasteiger partial charge in [0.2, 0.25) is 0 Å². The van der Waals surface area contributed by atoms with Crippen molar-refractivity contribution in [1.29, 1.82) is 0 Å². The minimum atomic E-state index is 0.482. The van der Waals surface area contributed by atoms with Gasteiger partial charge in [0.25, 0.3) is 0 Å². The highest BCUT2D eigenvalue weighted by molar-refractivity contribution is 9.10. The van der Waals surface area contributed by atoms with Gasteiger partial charge in [-0.1, -0.05) is 45.7 Å². The third kappa shape index (κ3) is 3.50. The lowest BCUT2D eigenvalue weighted by molar-refractivity contribution is 0.900. The summed E-state index contributed by atoms with van der Waals surface area (Å²) in [6.07, 6.45) is 0. The van der Waals surface area contributed by atoms with Crippen LogP contribution in [0.25, 0.3) is 0 Å². The molecule has 2 aromatic carbocycles. The van der Waals surface area contributed by atoms with Crippen molar-refractivity contribution in [2.45, 2.75) is 13.1 Å². The number of nitrogens with two attached hydrogens (primary N) is 1. The van der Waals surface area contributed by atoms with Crippen LogP contribution in [0.2, 0.25) is 5.02 Å². The van der Waals surface area contributed by atoms with Crippen LogP contribution in [0.4, 0.5) is 5.69 Å². The Balaban J connectivity index is 2.25. The largest absolute Gasteiger partial charge is 0.370 e. The van der Waals surface area contributed by atoms with E-state index in [2.05, 4.69) is 40.0 Å². The van der Waals surface area contributed by atoms with Crippen molar-refractivity contribution < 1.29 is 0 Å². The second kappa shape index (κ2) is 6.42. The zero-order valence-corrected chi connectivity index (χ0v) is 13.1. The van der Waals surface area contributed by atoms with Crippen molar-refractivity contribution in [1.82, 2.24) is 0 Å². The van der Waals surface area contributed by atoms with Crippen LogP contribution >= 0.6 is 27.5 Å². The minimum absolute atomic E-state index is 0.482. The van der Waals surface area contributed by atoms with E-state index in [0.717, 1.165) is 27.3 Å². The van der Waals surface area contributed by atoms with Crippen molar-refractivity contribution in [2.24, 2.45) is 5.73 Å². The Kier molecular flexibility index (Phi) is 4.86. The molecule has 19 heavy (non-hydrogen) atoms. The van der Waals surface area contributed by atoms with Crippen molar-refractivity contribution in [3.63, 3.8) is 0 Å². The van der Waals surface area contributed by atoms with Gasteiger partial charge < -0.3 is 10.6 Å². The molecule has 0 heterocycles. The van der Waals surface area contributed by atoms with Crippen LogP contribution < -0.4 is 10.6 Å². The number of hydrogen-bond donors (Lipinski definition) is 1. The topological polar surface area (TPSA) is 29.3 Å². The first-order chi connectivity index (χ1) is 9.11. The number of nitrogens with zero attached hydrogens (tertiary/aromatic N) is 1. The zero-order chi connectivity index (χ0) is 13.8. The standard InChI is InChI=1S/C15H16BrClN2/c1-19(10-11-4-2-3-5-14(11)16)15-7-6-13(17)8-12(15)9-18/h2-8H,9-10,18H2,1H3. The van der Waals surface area contributed by atoms with E-state index in [0.29, 0.717) is 6.54 Å². The molecule has 0 saturated heterocycles. The molecular formula is C15H16BrClN2. The number of benzene rings is 2. The van der Waals surface area contributed by atoms with E-state index in [1.54, 1.807) is 0 Å². The second-order valence-corrected chi connectivity index (χ2v) is 5.72. The first-order valence-corrected chi connectivity index (χ1v) is 7.22. The smallest absolute Gasteiger partial charge is 0.0437 e. The third-order valence-corrected chi connectivity index (χ3v) is 4.05. The molecule has 0 fully saturated rings. The van der Waals surface area contributed by atoms with E-state index in [1.807, 2.05) is 30.3 Å². The minimum Gasteiger partial charge on any atom is -0.370 e. The molecule has 0 unspecified atom stereocenters. The first kappa shape index (κ1) is 14.4. The van der Waals surface area contributed by atoms with E-state index in [9.17, 15) is 0 Å². The Morgan fingerprint density at radius 2 is 1.89 bits per heavy atom. The molecule has 0 amide bonds. The quantitative estimate of drug-likeness (QED) is 0.904. The van der Waals surface area contributed by atoms with Crippen molar-refractivity contribution in [3.05, 3.63) is 63.1 Å². The Bertz CT molecular complexity index is 572. The highest BCUT2D eigenvalue weighted by Gasteiger charge is 2.09. The monoisotopic (exact) mass is 338 g/mol. The van der Waals surface area contributed by atoms with Crippen LogP contribution in [-0.2, 0) is 13.1 Å². The van der Waals surface area contributed by atoms with Crippen LogP contribution in [-0.4, -0.2) is 7.05 Å². The first-order valence-electron chi connectivity index (χ1n) is 6.05. The predicted molar refractivity (Wildman–Crippen MR) is 85.6 cm³/mol. The molecule has 100 valence electrons. The fourth-order valence-electron chi connectivity index (χ4n) is 2.06. The number of hydrogen-bond acceptors (Lipinski definition) is 2. The van der Waals surface area contributed by atoms with Gasteiger partial charge in [0, 0.05) is 35.3 Å². The van der Waals surface area contributed by atoms with Gasteiger partial charge in [0.1, 0.15) is 0 Å². The van der Waals surface area contributed by atoms with Crippen LogP contribution in [0.5, 0.6) is 0 Å². The van der Waals surface area contributed by atoms with Gasteiger partial charge in [-0.3, -0.25) is 0 Å². The van der Waals surface area contributed by atoms with Crippen LogP contribution in [0.3, 0.4) is 0 Å². The SMILES string of the molecule is CN(Cc1ccccc1Br)c1ccc(Cl)cc1CN. The van der Waals surface area contributed by atoms with E-state index < -0.39 is 0 Å². The van der Waals surface area contributed by atoms with Gasteiger partial charge >= 0.3 is 0 Å². The third-order valence-electron chi connectivity index (χ3n) is 3.04. The highest BCUT2D eigenvalue weighted by Crippen LogP contribution is 2.26. The molecule has 0 radical (unpaired) electrons. The molecule has 0 saturated carbocycles. The summed E-state index contributed by atoms with van der Waals surface area (Å²) in [6, 6.07) is 14.1. The van der Waals surface area contributed by atoms with Gasteiger partial charge in [0.05, 0.1) is 0 Å². The summed E-state index contributed by atoms with van der Waals surface area (Å²) in [7, 11) is 2.06. The zero-order valence-electron chi connectivity index (χ0n) is 10.7. The van der Waals surface area contributed by atoms with Crippen LogP contribution in [0.1, 0.15) is 11.1 Å². The lowest BCUT2D eigenvalue weighted by Crippen LogP contribution is -2.19. The number of halogens is 2. The number of rotatable bonds is 4. The molecule has 0 aromatic heterocycles. The second-order valence-electron chi connectivity index (χ2n) is 4.42. The molecule has 0 spiro atoms. The fourth-order valence-corrected chi connectivity index (χ4v) is 2.66. The Labute approximate surface area is 127 Å². The number of anilines is 1. The average molecular weight is 340 g/mol. The molecule has 0 bridgehead atoms. The molecule has 2 aromatic rings. The molecule has 0 aliphatic rings. The summed E-state index contributed by atoms with van der Waals surface area (Å²) >= 11 is 9.58. The molecule has 4 heteroatoms. The van der Waals surface area contributed by atoms with E-state index in [4.69, 9.17) is 17.3 Å². The van der Waals surface area contributed by atoms with Gasteiger partial charge in [-0.25, -0.2) is 0 Å². The highest BCUT2D eigenvalue weighted by atomic mass is 79.9. The van der Waals surface area contributed by atoms with E-state index in [1.165, 1.54) is 5.56 Å². The lowest BCUT2D eigenvalue weighted by Gasteiger charge is -2.23. The van der Waals surface area contributed by atoms with Gasteiger partial charge in [-0.2, -0.15) is 0 Å². The van der Waals surface area contributed by atoms with Gasteiger partial charge in [-0.15, -0.1) is 0 Å². The van der Waals surface area contributed by atoms with E-state index >= 15 is 0 Å². The molecule has 0 atom stereocenters. The van der Waals surface area contributed by atoms with Gasteiger partial charge in [-0.05, 0) is 35.4 Å². The van der Waals surface area contributed by atoms with Gasteiger partial charge in [0.15, 0.2) is 0 Å². The maximum absolute atomic E-state index is 6.00. The summed E-state index contributed by atoms with van der Waals surface area (Å²) in [5.41, 5.74) is 9.20. The molecule has 2 N–H and O–H groups in total. The summed E-state index contributed by atoms with van der Waals surface area (Å²) < 4.78 is 1.12. The molecule has 0 aliphatic heterocycles. The summed E-state index contributed by atoms with van der Waals surface area (Å²) in [5.74, 6) is 0. The molecule has 2 rings (SSSR count). The summed E-state index contributed by atoms with van der Waals surface area (Å²) in [5, 5.41) is 0.721. The van der Waals surface area contributed by atoms with Crippen molar-refractivity contribution >= 4 is 33.2 Å². The maximum Gasteiger partial charge on any atom is 0.0437 e. The van der Waals surface area contributed by atoms with Crippen LogP contribution in [0, 0.1) is 0 Å².